The van der Waals surface area contributed by atoms with Gasteiger partial charge in [0, 0.05) is 12.2 Å². The summed E-state index contributed by atoms with van der Waals surface area (Å²) in [5.74, 6) is 0.180. The molecule has 0 aliphatic carbocycles. The van der Waals surface area contributed by atoms with Gasteiger partial charge < -0.3 is 10.1 Å². The van der Waals surface area contributed by atoms with Crippen molar-refractivity contribution < 1.29 is 13.5 Å². The Labute approximate surface area is 123 Å². The molecule has 0 saturated heterocycles. The SMILES string of the molecule is CCc1cccc(C)c1NCc1ccc(OC(F)F)cc1. The molecule has 0 spiro atoms. The van der Waals surface area contributed by atoms with Gasteiger partial charge in [-0.1, -0.05) is 37.3 Å². The molecule has 2 nitrogen and oxygen atoms in total. The standard InChI is InChI=1S/C17H19F2NO/c1-3-14-6-4-5-12(2)16(14)20-11-13-7-9-15(10-8-13)21-17(18)19/h4-10,17,20H,3,11H2,1-2H3. The van der Waals surface area contributed by atoms with E-state index >= 15 is 0 Å². The minimum absolute atomic E-state index is 0.180. The lowest BCUT2D eigenvalue weighted by Gasteiger charge is -2.14. The zero-order valence-electron chi connectivity index (χ0n) is 12.2. The van der Waals surface area contributed by atoms with Gasteiger partial charge in [0.15, 0.2) is 0 Å². The van der Waals surface area contributed by atoms with Crippen LogP contribution in [0.3, 0.4) is 0 Å². The second-order valence-corrected chi connectivity index (χ2v) is 4.84. The first-order valence-electron chi connectivity index (χ1n) is 6.96. The van der Waals surface area contributed by atoms with E-state index in [1.165, 1.54) is 11.1 Å². The van der Waals surface area contributed by atoms with Crippen molar-refractivity contribution in [2.24, 2.45) is 0 Å². The highest BCUT2D eigenvalue weighted by Gasteiger charge is 2.05. The second kappa shape index (κ2) is 7.07. The summed E-state index contributed by atoms with van der Waals surface area (Å²) in [7, 11) is 0. The molecule has 4 heteroatoms. The van der Waals surface area contributed by atoms with E-state index in [1.54, 1.807) is 24.3 Å². The zero-order valence-corrected chi connectivity index (χ0v) is 12.2. The molecule has 112 valence electrons. The first-order chi connectivity index (χ1) is 10.1. The number of halogens is 2. The molecule has 0 fully saturated rings. The minimum Gasteiger partial charge on any atom is -0.435 e. The molecule has 0 unspecified atom stereocenters. The van der Waals surface area contributed by atoms with Crippen molar-refractivity contribution in [3.05, 3.63) is 59.2 Å². The molecule has 2 aromatic carbocycles. The predicted molar refractivity (Wildman–Crippen MR) is 81.0 cm³/mol. The van der Waals surface area contributed by atoms with Gasteiger partial charge in [-0.05, 0) is 42.2 Å². The lowest BCUT2D eigenvalue weighted by molar-refractivity contribution is -0.0498. The van der Waals surface area contributed by atoms with E-state index in [0.717, 1.165) is 17.7 Å². The molecule has 0 heterocycles. The number of hydrogen-bond donors (Lipinski definition) is 1. The molecule has 0 bridgehead atoms. The molecule has 0 aliphatic rings. The minimum atomic E-state index is -2.78. The Bertz CT molecular complexity index is 582. The Morgan fingerprint density at radius 3 is 2.43 bits per heavy atom. The van der Waals surface area contributed by atoms with Crippen LogP contribution in [0.25, 0.3) is 0 Å². The number of para-hydroxylation sites is 1. The van der Waals surface area contributed by atoms with Crippen LogP contribution in [0, 0.1) is 6.92 Å². The largest absolute Gasteiger partial charge is 0.435 e. The summed E-state index contributed by atoms with van der Waals surface area (Å²) < 4.78 is 28.5. The molecule has 21 heavy (non-hydrogen) atoms. The monoisotopic (exact) mass is 291 g/mol. The number of nitrogens with one attached hydrogen (secondary N) is 1. The Morgan fingerprint density at radius 1 is 1.10 bits per heavy atom. The number of aryl methyl sites for hydroxylation is 2. The van der Waals surface area contributed by atoms with Gasteiger partial charge in [-0.3, -0.25) is 0 Å². The van der Waals surface area contributed by atoms with Crippen LogP contribution < -0.4 is 10.1 Å². The maximum absolute atomic E-state index is 12.1. The normalized spacial score (nSPS) is 10.7. The van der Waals surface area contributed by atoms with Crippen molar-refractivity contribution in [2.45, 2.75) is 33.4 Å². The van der Waals surface area contributed by atoms with Gasteiger partial charge in [0.25, 0.3) is 0 Å². The summed E-state index contributed by atoms with van der Waals surface area (Å²) in [6, 6.07) is 12.9. The summed E-state index contributed by atoms with van der Waals surface area (Å²) in [5, 5.41) is 3.42. The van der Waals surface area contributed by atoms with Gasteiger partial charge in [-0.25, -0.2) is 0 Å². The Morgan fingerprint density at radius 2 is 1.81 bits per heavy atom. The zero-order chi connectivity index (χ0) is 15.2. The van der Waals surface area contributed by atoms with E-state index in [9.17, 15) is 8.78 Å². The first kappa shape index (κ1) is 15.3. The third-order valence-electron chi connectivity index (χ3n) is 3.36. The maximum Gasteiger partial charge on any atom is 0.387 e. The smallest absolute Gasteiger partial charge is 0.387 e. The molecule has 0 aromatic heterocycles. The van der Waals surface area contributed by atoms with Crippen molar-refractivity contribution in [1.29, 1.82) is 0 Å². The predicted octanol–water partition coefficient (Wildman–Crippen LogP) is 4.77. The molecular weight excluding hydrogens is 272 g/mol. The van der Waals surface area contributed by atoms with Crippen molar-refractivity contribution in [3.63, 3.8) is 0 Å². The van der Waals surface area contributed by atoms with Crippen LogP contribution in [0.15, 0.2) is 42.5 Å². The van der Waals surface area contributed by atoms with E-state index in [2.05, 4.69) is 42.1 Å². The summed E-state index contributed by atoms with van der Waals surface area (Å²) in [4.78, 5) is 0. The average molecular weight is 291 g/mol. The van der Waals surface area contributed by atoms with Gasteiger partial charge in [0.05, 0.1) is 0 Å². The Balaban J connectivity index is 2.03. The molecule has 0 radical (unpaired) electrons. The highest BCUT2D eigenvalue weighted by Crippen LogP contribution is 2.22. The van der Waals surface area contributed by atoms with Crippen molar-refractivity contribution in [1.82, 2.24) is 0 Å². The molecule has 2 rings (SSSR count). The quantitative estimate of drug-likeness (QED) is 0.827. The number of benzene rings is 2. The molecule has 2 aromatic rings. The number of ether oxygens (including phenoxy) is 1. The average Bonchev–Trinajstić information content (AvgIpc) is 2.46. The number of rotatable bonds is 6. The molecule has 0 aliphatic heterocycles. The summed E-state index contributed by atoms with van der Waals surface area (Å²) in [6.07, 6.45) is 0.963. The van der Waals surface area contributed by atoms with Crippen LogP contribution >= 0.6 is 0 Å². The fraction of sp³-hybridized carbons (Fsp3) is 0.294. The fourth-order valence-corrected chi connectivity index (χ4v) is 2.26. The number of hydrogen-bond acceptors (Lipinski definition) is 2. The van der Waals surface area contributed by atoms with E-state index < -0.39 is 6.61 Å². The number of alkyl halides is 2. The van der Waals surface area contributed by atoms with E-state index in [-0.39, 0.29) is 5.75 Å². The summed E-state index contributed by atoms with van der Waals surface area (Å²) in [5.41, 5.74) is 4.63. The van der Waals surface area contributed by atoms with Gasteiger partial charge in [0.1, 0.15) is 5.75 Å². The molecule has 0 atom stereocenters. The maximum atomic E-state index is 12.1. The van der Waals surface area contributed by atoms with Crippen LogP contribution in [0.5, 0.6) is 5.75 Å². The molecule has 0 saturated carbocycles. The Hall–Kier alpha value is -2.10. The van der Waals surface area contributed by atoms with Crippen molar-refractivity contribution >= 4 is 5.69 Å². The van der Waals surface area contributed by atoms with Crippen LogP contribution in [0.4, 0.5) is 14.5 Å². The van der Waals surface area contributed by atoms with E-state index in [4.69, 9.17) is 0 Å². The lowest BCUT2D eigenvalue weighted by Crippen LogP contribution is -2.05. The lowest BCUT2D eigenvalue weighted by atomic mass is 10.1. The highest BCUT2D eigenvalue weighted by atomic mass is 19.3. The Kier molecular flexibility index (Phi) is 5.14. The first-order valence-corrected chi connectivity index (χ1v) is 6.96. The summed E-state index contributed by atoms with van der Waals surface area (Å²) >= 11 is 0. The van der Waals surface area contributed by atoms with Crippen LogP contribution in [-0.2, 0) is 13.0 Å². The van der Waals surface area contributed by atoms with Gasteiger partial charge >= 0.3 is 6.61 Å². The van der Waals surface area contributed by atoms with Gasteiger partial charge in [0.2, 0.25) is 0 Å². The van der Waals surface area contributed by atoms with E-state index in [0.29, 0.717) is 6.54 Å². The number of anilines is 1. The van der Waals surface area contributed by atoms with Gasteiger partial charge in [-0.2, -0.15) is 8.78 Å². The topological polar surface area (TPSA) is 21.3 Å². The van der Waals surface area contributed by atoms with Crippen LogP contribution in [0.1, 0.15) is 23.6 Å². The third-order valence-corrected chi connectivity index (χ3v) is 3.36. The third kappa shape index (κ3) is 4.18. The van der Waals surface area contributed by atoms with Crippen molar-refractivity contribution in [3.8, 4) is 5.75 Å². The second-order valence-electron chi connectivity index (χ2n) is 4.84. The van der Waals surface area contributed by atoms with Crippen molar-refractivity contribution in [2.75, 3.05) is 5.32 Å². The summed E-state index contributed by atoms with van der Waals surface area (Å²) in [6.45, 7) is 2.05. The highest BCUT2D eigenvalue weighted by molar-refractivity contribution is 5.57. The molecule has 0 amide bonds. The van der Waals surface area contributed by atoms with Gasteiger partial charge in [-0.15, -0.1) is 0 Å². The van der Waals surface area contributed by atoms with E-state index in [1.807, 2.05) is 0 Å². The molecular formula is C17H19F2NO. The van der Waals surface area contributed by atoms with Crippen LogP contribution in [-0.4, -0.2) is 6.61 Å². The molecule has 1 N–H and O–H groups in total. The van der Waals surface area contributed by atoms with Crippen LogP contribution in [0.2, 0.25) is 0 Å². The fourth-order valence-electron chi connectivity index (χ4n) is 2.26.